The lowest BCUT2D eigenvalue weighted by atomic mass is 9.69. The molecule has 2 aliphatic heterocycles. The van der Waals surface area contributed by atoms with Crippen LogP contribution in [0.1, 0.15) is 42.9 Å². The van der Waals surface area contributed by atoms with Gasteiger partial charge in [0.05, 0.1) is 18.3 Å². The number of alkyl halides is 2. The maximum atomic E-state index is 12.7. The molecule has 3 nitrogen and oxygen atoms in total. The summed E-state index contributed by atoms with van der Waals surface area (Å²) >= 11 is 0. The van der Waals surface area contributed by atoms with Crippen LogP contribution in [0.3, 0.4) is 0 Å². The van der Waals surface area contributed by atoms with Gasteiger partial charge in [0.2, 0.25) is 0 Å². The molecule has 0 radical (unpaired) electrons. The molecule has 0 aromatic heterocycles. The summed E-state index contributed by atoms with van der Waals surface area (Å²) < 4.78 is 31.2. The zero-order chi connectivity index (χ0) is 14.3. The highest BCUT2D eigenvalue weighted by Crippen LogP contribution is 2.53. The summed E-state index contributed by atoms with van der Waals surface area (Å²) in [5, 5.41) is 20.1. The number of hydrogen-bond donors (Lipinski definition) is 1. The van der Waals surface area contributed by atoms with Crippen LogP contribution in [0.15, 0.2) is 24.3 Å². The van der Waals surface area contributed by atoms with Gasteiger partial charge in [-0.05, 0) is 30.9 Å². The molecule has 0 saturated carbocycles. The number of nitrogens with zero attached hydrogens (tertiary/aromatic N) is 1. The highest BCUT2D eigenvalue weighted by atomic mass is 19.3. The minimum Gasteiger partial charge on any atom is -0.387 e. The predicted octanol–water partition coefficient (Wildman–Crippen LogP) is 3.12. The van der Waals surface area contributed by atoms with Crippen LogP contribution in [0.4, 0.5) is 8.78 Å². The maximum Gasteiger partial charge on any atom is 0.263 e. The van der Waals surface area contributed by atoms with Crippen LogP contribution in [0.2, 0.25) is 0 Å². The van der Waals surface area contributed by atoms with Gasteiger partial charge >= 0.3 is 0 Å². The molecule has 4 unspecified atom stereocenters. The smallest absolute Gasteiger partial charge is 0.263 e. The summed E-state index contributed by atoms with van der Waals surface area (Å²) in [7, 11) is 0. The molecule has 2 saturated heterocycles. The highest BCUT2D eigenvalue weighted by Gasteiger charge is 2.57. The molecule has 4 atom stereocenters. The third kappa shape index (κ3) is 1.91. The Balaban J connectivity index is 1.94. The Hall–Kier alpha value is -1.51. The zero-order valence-electron chi connectivity index (χ0n) is 10.8. The quantitative estimate of drug-likeness (QED) is 0.924. The van der Waals surface area contributed by atoms with Crippen LogP contribution in [0.5, 0.6) is 0 Å². The lowest BCUT2D eigenvalue weighted by molar-refractivity contribution is 0.00327. The first kappa shape index (κ1) is 13.5. The van der Waals surface area contributed by atoms with Crippen LogP contribution in [0.25, 0.3) is 0 Å². The van der Waals surface area contributed by atoms with Crippen molar-refractivity contribution in [1.82, 2.24) is 0 Å². The first-order valence-electron chi connectivity index (χ1n) is 6.69. The molecule has 5 heteroatoms. The predicted molar refractivity (Wildman–Crippen MR) is 66.9 cm³/mol. The summed E-state index contributed by atoms with van der Waals surface area (Å²) in [6.45, 7) is 0. The Kier molecular flexibility index (Phi) is 3.23. The van der Waals surface area contributed by atoms with Crippen LogP contribution in [-0.4, -0.2) is 17.3 Å². The minimum absolute atomic E-state index is 0.00702. The number of aliphatic hydroxyl groups is 1. The largest absolute Gasteiger partial charge is 0.387 e. The normalized spacial score (nSPS) is 33.4. The fourth-order valence-electron chi connectivity index (χ4n) is 3.37. The Morgan fingerprint density at radius 3 is 2.65 bits per heavy atom. The molecule has 0 aliphatic carbocycles. The van der Waals surface area contributed by atoms with E-state index in [2.05, 4.69) is 6.07 Å². The van der Waals surface area contributed by atoms with Crippen molar-refractivity contribution >= 4 is 0 Å². The van der Waals surface area contributed by atoms with Crippen LogP contribution in [-0.2, 0) is 4.74 Å². The van der Waals surface area contributed by atoms with E-state index in [4.69, 9.17) is 4.74 Å². The van der Waals surface area contributed by atoms with E-state index in [0.717, 1.165) is 12.8 Å². The topological polar surface area (TPSA) is 53.2 Å². The fraction of sp³-hybridized carbons (Fsp3) is 0.533. The van der Waals surface area contributed by atoms with E-state index in [1.807, 2.05) is 0 Å². The van der Waals surface area contributed by atoms with Crippen LogP contribution in [0, 0.1) is 16.7 Å². The van der Waals surface area contributed by atoms with Crippen LogP contribution < -0.4 is 0 Å². The van der Waals surface area contributed by atoms with Gasteiger partial charge in [-0.15, -0.1) is 0 Å². The number of hydrogen-bond acceptors (Lipinski definition) is 3. The molecule has 2 heterocycles. The summed E-state index contributed by atoms with van der Waals surface area (Å²) in [6, 6.07) is 7.86. The van der Waals surface area contributed by atoms with E-state index in [0.29, 0.717) is 12.0 Å². The van der Waals surface area contributed by atoms with E-state index < -0.39 is 17.9 Å². The van der Waals surface area contributed by atoms with Gasteiger partial charge in [0.15, 0.2) is 0 Å². The number of ether oxygens (including phenoxy) is 1. The summed E-state index contributed by atoms with van der Waals surface area (Å²) in [5.41, 5.74) is -0.789. The Morgan fingerprint density at radius 1 is 1.35 bits per heavy atom. The van der Waals surface area contributed by atoms with Crippen molar-refractivity contribution in [2.45, 2.75) is 44.0 Å². The molecule has 2 fully saturated rings. The van der Waals surface area contributed by atoms with Crippen molar-refractivity contribution in [1.29, 1.82) is 5.26 Å². The van der Waals surface area contributed by atoms with Gasteiger partial charge in [-0.25, -0.2) is 8.78 Å². The second-order valence-electron chi connectivity index (χ2n) is 5.55. The molecule has 106 valence electrons. The molecule has 1 aromatic rings. The van der Waals surface area contributed by atoms with Crippen molar-refractivity contribution < 1.29 is 18.6 Å². The monoisotopic (exact) mass is 279 g/mol. The van der Waals surface area contributed by atoms with Crippen molar-refractivity contribution in [3.8, 4) is 6.07 Å². The summed E-state index contributed by atoms with van der Waals surface area (Å²) in [4.78, 5) is 0. The van der Waals surface area contributed by atoms with Gasteiger partial charge < -0.3 is 9.84 Å². The van der Waals surface area contributed by atoms with Crippen molar-refractivity contribution in [3.05, 3.63) is 35.4 Å². The van der Waals surface area contributed by atoms with Crippen molar-refractivity contribution in [2.75, 3.05) is 0 Å². The molecule has 3 rings (SSSR count). The zero-order valence-corrected chi connectivity index (χ0v) is 10.8. The van der Waals surface area contributed by atoms with E-state index in [1.165, 1.54) is 18.2 Å². The second kappa shape index (κ2) is 4.80. The average molecular weight is 279 g/mol. The Labute approximate surface area is 115 Å². The third-order valence-corrected chi connectivity index (χ3v) is 4.42. The number of fused-ring (bicyclic) bond motifs is 2. The van der Waals surface area contributed by atoms with E-state index in [9.17, 15) is 19.1 Å². The first-order valence-corrected chi connectivity index (χ1v) is 6.69. The van der Waals surface area contributed by atoms with Gasteiger partial charge in [0.25, 0.3) is 6.43 Å². The number of halogens is 2. The number of aliphatic hydroxyl groups excluding tert-OH is 1. The maximum absolute atomic E-state index is 12.7. The molecule has 20 heavy (non-hydrogen) atoms. The molecule has 1 N–H and O–H groups in total. The lowest BCUT2D eigenvalue weighted by Gasteiger charge is -2.33. The average Bonchev–Trinajstić information content (AvgIpc) is 3.07. The Bertz CT molecular complexity index is 557. The van der Waals surface area contributed by atoms with Crippen molar-refractivity contribution in [2.24, 2.45) is 5.41 Å². The SMILES string of the molecule is N#CC1(C(O)c2cccc(C(F)F)c2)CC2CCC1O2. The summed E-state index contributed by atoms with van der Waals surface area (Å²) in [5.74, 6) is 0. The minimum atomic E-state index is -2.59. The van der Waals surface area contributed by atoms with Gasteiger partial charge in [0, 0.05) is 5.56 Å². The molecule has 0 spiro atoms. The number of nitriles is 1. The summed E-state index contributed by atoms with van der Waals surface area (Å²) in [6.07, 6.45) is -1.87. The highest BCUT2D eigenvalue weighted by molar-refractivity contribution is 5.31. The fourth-order valence-corrected chi connectivity index (χ4v) is 3.37. The molecule has 1 aromatic carbocycles. The van der Waals surface area contributed by atoms with Gasteiger partial charge in [-0.2, -0.15) is 5.26 Å². The number of benzene rings is 1. The molecule has 2 bridgehead atoms. The first-order chi connectivity index (χ1) is 9.56. The van der Waals surface area contributed by atoms with Gasteiger partial charge in [-0.1, -0.05) is 18.2 Å². The second-order valence-corrected chi connectivity index (χ2v) is 5.55. The standard InChI is InChI=1S/C15H15F2NO2/c16-14(17)10-3-1-2-9(6-10)13(19)15(8-18)7-11-4-5-12(15)20-11/h1-3,6,11-14,19H,4-5,7H2. The van der Waals surface area contributed by atoms with Crippen LogP contribution >= 0.6 is 0 Å². The van der Waals surface area contributed by atoms with E-state index >= 15 is 0 Å². The molecule has 0 amide bonds. The lowest BCUT2D eigenvalue weighted by Crippen LogP contribution is -2.37. The van der Waals surface area contributed by atoms with Crippen molar-refractivity contribution in [3.63, 3.8) is 0 Å². The van der Waals surface area contributed by atoms with Gasteiger partial charge in [-0.3, -0.25) is 0 Å². The number of rotatable bonds is 3. The molecular weight excluding hydrogens is 264 g/mol. The third-order valence-electron chi connectivity index (χ3n) is 4.42. The van der Waals surface area contributed by atoms with E-state index in [1.54, 1.807) is 6.07 Å². The molecule has 2 aliphatic rings. The van der Waals surface area contributed by atoms with E-state index in [-0.39, 0.29) is 17.8 Å². The van der Waals surface area contributed by atoms with Gasteiger partial charge in [0.1, 0.15) is 11.5 Å². The molecular formula is C15H15F2NO2. The Morgan fingerprint density at radius 2 is 2.10 bits per heavy atom.